The largest absolute Gasteiger partial charge is 0.508 e. The molecule has 0 fully saturated rings. The minimum Gasteiger partial charge on any atom is -0.508 e. The number of rotatable bonds is 2. The van der Waals surface area contributed by atoms with Gasteiger partial charge in [0.1, 0.15) is 5.75 Å². The highest BCUT2D eigenvalue weighted by molar-refractivity contribution is 5.41. The second-order valence-electron chi connectivity index (χ2n) is 2.84. The van der Waals surface area contributed by atoms with Gasteiger partial charge in [0, 0.05) is 5.56 Å². The molecule has 1 rings (SSSR count). The van der Waals surface area contributed by atoms with Crippen molar-refractivity contribution < 1.29 is 18.3 Å². The van der Waals surface area contributed by atoms with Crippen LogP contribution in [0.4, 0.5) is 13.2 Å². The first-order chi connectivity index (χ1) is 6.46. The van der Waals surface area contributed by atoms with E-state index < -0.39 is 11.7 Å². The summed E-state index contributed by atoms with van der Waals surface area (Å²) in [7, 11) is 0. The predicted molar refractivity (Wildman–Crippen MR) is 45.9 cm³/mol. The van der Waals surface area contributed by atoms with E-state index in [-0.39, 0.29) is 24.3 Å². The van der Waals surface area contributed by atoms with Crippen molar-refractivity contribution in [3.8, 4) is 5.75 Å². The minimum absolute atomic E-state index is 0.0154. The van der Waals surface area contributed by atoms with Gasteiger partial charge in [0.05, 0.1) is 5.56 Å². The fraction of sp³-hybridized carbons (Fsp3) is 0.333. The summed E-state index contributed by atoms with van der Waals surface area (Å²) in [5.74, 6) is -0.356. The van der Waals surface area contributed by atoms with Crippen molar-refractivity contribution in [3.63, 3.8) is 0 Å². The lowest BCUT2D eigenvalue weighted by atomic mass is 10.0. The smallest absolute Gasteiger partial charge is 0.416 e. The minimum atomic E-state index is -4.44. The molecular weight excluding hydrogens is 195 g/mol. The third-order valence-electron chi connectivity index (χ3n) is 1.85. The summed E-state index contributed by atoms with van der Waals surface area (Å²) in [5, 5.41) is 9.23. The van der Waals surface area contributed by atoms with Gasteiger partial charge in [-0.1, -0.05) is 6.07 Å². The van der Waals surface area contributed by atoms with Crippen LogP contribution in [-0.4, -0.2) is 11.7 Å². The molecule has 0 amide bonds. The number of phenolic OH excluding ortho intramolecular Hbond substituents is 1. The SMILES string of the molecule is NCCc1c(O)cccc1C(F)(F)F. The Hall–Kier alpha value is -1.23. The van der Waals surface area contributed by atoms with Gasteiger partial charge in [-0.3, -0.25) is 0 Å². The zero-order chi connectivity index (χ0) is 10.8. The molecule has 0 bridgehead atoms. The predicted octanol–water partition coefficient (Wildman–Crippen LogP) is 1.91. The summed E-state index contributed by atoms with van der Waals surface area (Å²) >= 11 is 0. The molecule has 0 aliphatic rings. The van der Waals surface area contributed by atoms with Crippen LogP contribution in [0.3, 0.4) is 0 Å². The lowest BCUT2D eigenvalue weighted by Crippen LogP contribution is -2.12. The number of alkyl halides is 3. The standard InChI is InChI=1S/C9H10F3NO/c10-9(11,12)7-2-1-3-8(14)6(7)4-5-13/h1-3,14H,4-5,13H2. The van der Waals surface area contributed by atoms with E-state index in [4.69, 9.17) is 5.73 Å². The Morgan fingerprint density at radius 2 is 1.93 bits per heavy atom. The fourth-order valence-electron chi connectivity index (χ4n) is 1.25. The van der Waals surface area contributed by atoms with E-state index in [1.54, 1.807) is 0 Å². The van der Waals surface area contributed by atoms with Crippen molar-refractivity contribution in [1.29, 1.82) is 0 Å². The highest BCUT2D eigenvalue weighted by atomic mass is 19.4. The van der Waals surface area contributed by atoms with Crippen LogP contribution in [0.1, 0.15) is 11.1 Å². The van der Waals surface area contributed by atoms with Crippen molar-refractivity contribution >= 4 is 0 Å². The summed E-state index contributed by atoms with van der Waals surface area (Å²) in [6, 6.07) is 3.32. The second-order valence-corrected chi connectivity index (χ2v) is 2.84. The third-order valence-corrected chi connectivity index (χ3v) is 1.85. The summed E-state index contributed by atoms with van der Waals surface area (Å²) in [4.78, 5) is 0. The van der Waals surface area contributed by atoms with Crippen molar-refractivity contribution in [2.45, 2.75) is 12.6 Å². The topological polar surface area (TPSA) is 46.2 Å². The molecule has 2 nitrogen and oxygen atoms in total. The molecule has 14 heavy (non-hydrogen) atoms. The second kappa shape index (κ2) is 3.88. The summed E-state index contributed by atoms with van der Waals surface area (Å²) in [6.45, 7) is 0.0701. The number of hydrogen-bond acceptors (Lipinski definition) is 2. The lowest BCUT2D eigenvalue weighted by molar-refractivity contribution is -0.138. The first kappa shape index (κ1) is 10.8. The van der Waals surface area contributed by atoms with Crippen molar-refractivity contribution in [2.24, 2.45) is 5.73 Å². The fourth-order valence-corrected chi connectivity index (χ4v) is 1.25. The van der Waals surface area contributed by atoms with Gasteiger partial charge in [-0.25, -0.2) is 0 Å². The van der Waals surface area contributed by atoms with Gasteiger partial charge in [0.15, 0.2) is 0 Å². The van der Waals surface area contributed by atoms with E-state index in [9.17, 15) is 18.3 Å². The van der Waals surface area contributed by atoms with Crippen LogP contribution >= 0.6 is 0 Å². The molecule has 0 unspecified atom stereocenters. The monoisotopic (exact) mass is 205 g/mol. The van der Waals surface area contributed by atoms with E-state index in [2.05, 4.69) is 0 Å². The van der Waals surface area contributed by atoms with Gasteiger partial charge in [-0.15, -0.1) is 0 Å². The number of aromatic hydroxyl groups is 1. The van der Waals surface area contributed by atoms with Gasteiger partial charge >= 0.3 is 6.18 Å². The molecule has 0 spiro atoms. The Kier molecular flexibility index (Phi) is 3.00. The van der Waals surface area contributed by atoms with Crippen LogP contribution in [0.15, 0.2) is 18.2 Å². The van der Waals surface area contributed by atoms with Gasteiger partial charge < -0.3 is 10.8 Å². The number of phenols is 1. The van der Waals surface area contributed by atoms with E-state index >= 15 is 0 Å². The van der Waals surface area contributed by atoms with Crippen molar-refractivity contribution in [3.05, 3.63) is 29.3 Å². The molecule has 1 aromatic carbocycles. The lowest BCUT2D eigenvalue weighted by Gasteiger charge is -2.13. The quantitative estimate of drug-likeness (QED) is 0.774. The van der Waals surface area contributed by atoms with Gasteiger partial charge in [0.2, 0.25) is 0 Å². The average Bonchev–Trinajstić information content (AvgIpc) is 2.07. The Morgan fingerprint density at radius 1 is 1.29 bits per heavy atom. The Morgan fingerprint density at radius 3 is 2.43 bits per heavy atom. The molecule has 0 heterocycles. The molecular formula is C9H10F3NO. The molecule has 0 aliphatic heterocycles. The molecule has 0 saturated heterocycles. The van der Waals surface area contributed by atoms with Crippen LogP contribution in [0.2, 0.25) is 0 Å². The normalized spacial score (nSPS) is 11.7. The Balaban J connectivity index is 3.21. The highest BCUT2D eigenvalue weighted by Gasteiger charge is 2.33. The van der Waals surface area contributed by atoms with Gasteiger partial charge in [-0.05, 0) is 25.1 Å². The maximum absolute atomic E-state index is 12.4. The van der Waals surface area contributed by atoms with Crippen LogP contribution in [0.25, 0.3) is 0 Å². The maximum Gasteiger partial charge on any atom is 0.416 e. The summed E-state index contributed by atoms with van der Waals surface area (Å²) in [5.41, 5.74) is 4.21. The summed E-state index contributed by atoms with van der Waals surface area (Å²) < 4.78 is 37.2. The first-order valence-electron chi connectivity index (χ1n) is 4.05. The van der Waals surface area contributed by atoms with E-state index in [0.717, 1.165) is 12.1 Å². The van der Waals surface area contributed by atoms with E-state index in [0.29, 0.717) is 0 Å². The van der Waals surface area contributed by atoms with Gasteiger partial charge in [-0.2, -0.15) is 13.2 Å². The van der Waals surface area contributed by atoms with Crippen molar-refractivity contribution in [1.82, 2.24) is 0 Å². The summed E-state index contributed by atoms with van der Waals surface area (Å²) in [6.07, 6.45) is -4.43. The number of nitrogens with two attached hydrogens (primary N) is 1. The van der Waals surface area contributed by atoms with Crippen LogP contribution in [-0.2, 0) is 12.6 Å². The zero-order valence-electron chi connectivity index (χ0n) is 7.30. The third kappa shape index (κ3) is 2.17. The zero-order valence-corrected chi connectivity index (χ0v) is 7.30. The molecule has 78 valence electrons. The molecule has 0 aromatic heterocycles. The van der Waals surface area contributed by atoms with Crippen LogP contribution in [0, 0.1) is 0 Å². The average molecular weight is 205 g/mol. The van der Waals surface area contributed by atoms with Crippen LogP contribution in [0.5, 0.6) is 5.75 Å². The van der Waals surface area contributed by atoms with Gasteiger partial charge in [0.25, 0.3) is 0 Å². The van der Waals surface area contributed by atoms with Crippen LogP contribution < -0.4 is 5.73 Å². The maximum atomic E-state index is 12.4. The number of hydrogen-bond donors (Lipinski definition) is 2. The number of halogens is 3. The first-order valence-corrected chi connectivity index (χ1v) is 4.05. The molecule has 0 radical (unpaired) electrons. The Bertz CT molecular complexity index is 322. The molecule has 0 aliphatic carbocycles. The molecule has 0 saturated carbocycles. The highest BCUT2D eigenvalue weighted by Crippen LogP contribution is 2.35. The van der Waals surface area contributed by atoms with E-state index in [1.807, 2.05) is 0 Å². The van der Waals surface area contributed by atoms with E-state index in [1.165, 1.54) is 6.07 Å². The molecule has 0 atom stereocenters. The molecule has 3 N–H and O–H groups in total. The Labute approximate surface area is 79.2 Å². The molecule has 1 aromatic rings. The number of benzene rings is 1. The van der Waals surface area contributed by atoms with Crippen molar-refractivity contribution in [2.75, 3.05) is 6.54 Å². The molecule has 5 heteroatoms.